The van der Waals surface area contributed by atoms with Gasteiger partial charge in [0.1, 0.15) is 0 Å². The van der Waals surface area contributed by atoms with Gasteiger partial charge in [-0.05, 0) is 48.7 Å². The van der Waals surface area contributed by atoms with Crippen LogP contribution in [0.1, 0.15) is 28.4 Å². The van der Waals surface area contributed by atoms with Crippen molar-refractivity contribution in [3.8, 4) is 11.5 Å². The Labute approximate surface area is 135 Å². The Bertz CT molecular complexity index is 716. The summed E-state index contributed by atoms with van der Waals surface area (Å²) >= 11 is 0. The van der Waals surface area contributed by atoms with Crippen LogP contribution in [0.25, 0.3) is 0 Å². The molecule has 0 saturated heterocycles. The molecule has 0 aliphatic carbocycles. The number of ether oxygens (including phenoxy) is 2. The number of pyridine rings is 1. The molecule has 3 rings (SSSR count). The van der Waals surface area contributed by atoms with E-state index in [1.165, 1.54) is 5.56 Å². The zero-order valence-corrected chi connectivity index (χ0v) is 13.6. The minimum atomic E-state index is 0.00559. The molecule has 0 spiro atoms. The lowest BCUT2D eigenvalue weighted by molar-refractivity contribution is 0.0657. The summed E-state index contributed by atoms with van der Waals surface area (Å²) in [5, 5.41) is 0. The fraction of sp³-hybridized carbons (Fsp3) is 0.333. The van der Waals surface area contributed by atoms with Crippen LogP contribution in [0.4, 0.5) is 0 Å². The number of amides is 1. The maximum atomic E-state index is 12.7. The van der Waals surface area contributed by atoms with E-state index < -0.39 is 0 Å². The van der Waals surface area contributed by atoms with Crippen molar-refractivity contribution < 1.29 is 14.3 Å². The highest BCUT2D eigenvalue weighted by Gasteiger charge is 2.28. The lowest BCUT2D eigenvalue weighted by Gasteiger charge is -2.35. The molecule has 0 bridgehead atoms. The molecule has 23 heavy (non-hydrogen) atoms. The molecule has 0 N–H and O–H groups in total. The topological polar surface area (TPSA) is 51.7 Å². The Morgan fingerprint density at radius 3 is 2.52 bits per heavy atom. The number of nitrogens with zero attached hydrogens (tertiary/aromatic N) is 2. The second-order valence-electron chi connectivity index (χ2n) is 5.70. The molecule has 120 valence electrons. The molecule has 1 aliphatic rings. The predicted octanol–water partition coefficient (Wildman–Crippen LogP) is 2.69. The van der Waals surface area contributed by atoms with E-state index in [0.717, 1.165) is 17.7 Å². The van der Waals surface area contributed by atoms with Crippen molar-refractivity contribution in [1.29, 1.82) is 0 Å². The van der Waals surface area contributed by atoms with Crippen molar-refractivity contribution >= 4 is 5.91 Å². The monoisotopic (exact) mass is 312 g/mol. The number of aromatic nitrogens is 1. The number of fused-ring (bicyclic) bond motifs is 1. The van der Waals surface area contributed by atoms with E-state index in [9.17, 15) is 4.79 Å². The lowest BCUT2D eigenvalue weighted by atomic mass is 9.93. The number of hydrogen-bond donors (Lipinski definition) is 0. The van der Waals surface area contributed by atoms with Gasteiger partial charge >= 0.3 is 0 Å². The predicted molar refractivity (Wildman–Crippen MR) is 86.8 cm³/mol. The van der Waals surface area contributed by atoms with Crippen molar-refractivity contribution in [1.82, 2.24) is 9.88 Å². The number of methoxy groups -OCH3 is 2. The number of hydrogen-bond acceptors (Lipinski definition) is 4. The maximum absolute atomic E-state index is 12.7. The zero-order valence-electron chi connectivity index (χ0n) is 13.6. The first-order valence-electron chi connectivity index (χ1n) is 7.58. The fourth-order valence-electron chi connectivity index (χ4n) is 3.00. The summed E-state index contributed by atoms with van der Waals surface area (Å²) in [6, 6.07) is 7.67. The first kappa shape index (κ1) is 15.3. The van der Waals surface area contributed by atoms with Crippen LogP contribution in [-0.4, -0.2) is 36.1 Å². The lowest BCUT2D eigenvalue weighted by Crippen LogP contribution is -2.42. The maximum Gasteiger partial charge on any atom is 0.255 e. The quantitative estimate of drug-likeness (QED) is 0.874. The molecule has 1 atom stereocenters. The van der Waals surface area contributed by atoms with Gasteiger partial charge in [-0.2, -0.15) is 0 Å². The van der Waals surface area contributed by atoms with Gasteiger partial charge in [-0.15, -0.1) is 0 Å². The van der Waals surface area contributed by atoms with Crippen molar-refractivity contribution in [3.63, 3.8) is 0 Å². The second kappa shape index (κ2) is 6.28. The first-order chi connectivity index (χ1) is 11.1. The molecule has 0 radical (unpaired) electrons. The molecule has 5 heteroatoms. The minimum absolute atomic E-state index is 0.00559. The summed E-state index contributed by atoms with van der Waals surface area (Å²) in [6.45, 7) is 2.62. The third-order valence-electron chi connectivity index (χ3n) is 4.26. The molecular weight excluding hydrogens is 292 g/mol. The summed E-state index contributed by atoms with van der Waals surface area (Å²) < 4.78 is 10.7. The van der Waals surface area contributed by atoms with E-state index in [1.807, 2.05) is 17.0 Å². The van der Waals surface area contributed by atoms with Gasteiger partial charge in [0, 0.05) is 25.0 Å². The van der Waals surface area contributed by atoms with Crippen LogP contribution < -0.4 is 9.47 Å². The molecule has 1 amide bonds. The van der Waals surface area contributed by atoms with E-state index in [1.54, 1.807) is 38.7 Å². The van der Waals surface area contributed by atoms with E-state index in [-0.39, 0.29) is 11.9 Å². The van der Waals surface area contributed by atoms with Crippen molar-refractivity contribution in [2.75, 3.05) is 14.2 Å². The smallest absolute Gasteiger partial charge is 0.255 e. The highest BCUT2D eigenvalue weighted by molar-refractivity contribution is 5.94. The normalized spacial score (nSPS) is 16.7. The molecule has 0 saturated carbocycles. The van der Waals surface area contributed by atoms with Crippen molar-refractivity contribution in [2.45, 2.75) is 25.9 Å². The highest BCUT2D eigenvalue weighted by Crippen LogP contribution is 2.35. The van der Waals surface area contributed by atoms with Crippen LogP contribution in [0.15, 0.2) is 36.7 Å². The van der Waals surface area contributed by atoms with Crippen LogP contribution >= 0.6 is 0 Å². The van der Waals surface area contributed by atoms with Gasteiger partial charge < -0.3 is 14.4 Å². The number of carbonyl (C=O) groups excluding carboxylic acids is 1. The summed E-state index contributed by atoms with van der Waals surface area (Å²) in [7, 11) is 3.25. The third-order valence-corrected chi connectivity index (χ3v) is 4.26. The van der Waals surface area contributed by atoms with E-state index >= 15 is 0 Å². The van der Waals surface area contributed by atoms with Crippen LogP contribution in [-0.2, 0) is 13.0 Å². The molecule has 1 aromatic heterocycles. The summed E-state index contributed by atoms with van der Waals surface area (Å²) in [4.78, 5) is 18.6. The van der Waals surface area contributed by atoms with Crippen molar-refractivity contribution in [2.24, 2.45) is 0 Å². The van der Waals surface area contributed by atoms with Gasteiger partial charge in [0.15, 0.2) is 11.5 Å². The van der Waals surface area contributed by atoms with Gasteiger partial charge in [-0.3, -0.25) is 9.78 Å². The first-order valence-corrected chi connectivity index (χ1v) is 7.58. The molecule has 0 fully saturated rings. The average Bonchev–Trinajstić information content (AvgIpc) is 2.60. The Morgan fingerprint density at radius 2 is 1.91 bits per heavy atom. The summed E-state index contributed by atoms with van der Waals surface area (Å²) in [6.07, 6.45) is 4.07. The Morgan fingerprint density at radius 1 is 1.22 bits per heavy atom. The molecule has 5 nitrogen and oxygen atoms in total. The van der Waals surface area contributed by atoms with Crippen LogP contribution in [0.2, 0.25) is 0 Å². The van der Waals surface area contributed by atoms with Gasteiger partial charge in [-0.1, -0.05) is 0 Å². The number of carbonyl (C=O) groups is 1. The summed E-state index contributed by atoms with van der Waals surface area (Å²) in [5.41, 5.74) is 2.91. The molecule has 1 aromatic carbocycles. The average molecular weight is 312 g/mol. The largest absolute Gasteiger partial charge is 0.493 e. The van der Waals surface area contributed by atoms with Crippen LogP contribution in [0, 0.1) is 0 Å². The molecule has 1 aliphatic heterocycles. The molecule has 1 unspecified atom stereocenters. The standard InChI is InChI=1S/C18H20N2O3/c1-12-7-14-8-16(22-2)17(23-3)9-15(14)11-20(12)18(21)13-5-4-6-19-10-13/h4-6,8-10,12H,7,11H2,1-3H3. The van der Waals surface area contributed by atoms with Gasteiger partial charge in [-0.25, -0.2) is 0 Å². The molecule has 2 aromatic rings. The van der Waals surface area contributed by atoms with Crippen LogP contribution in [0.3, 0.4) is 0 Å². The van der Waals surface area contributed by atoms with Gasteiger partial charge in [0.2, 0.25) is 0 Å². The summed E-state index contributed by atoms with van der Waals surface area (Å²) in [5.74, 6) is 1.42. The van der Waals surface area contributed by atoms with Crippen molar-refractivity contribution in [3.05, 3.63) is 53.3 Å². The van der Waals surface area contributed by atoms with Gasteiger partial charge in [0.05, 0.1) is 19.8 Å². The van der Waals surface area contributed by atoms with Gasteiger partial charge in [0.25, 0.3) is 5.91 Å². The third kappa shape index (κ3) is 2.86. The molecular formula is C18H20N2O3. The Balaban J connectivity index is 1.92. The number of rotatable bonds is 3. The highest BCUT2D eigenvalue weighted by atomic mass is 16.5. The Hall–Kier alpha value is -2.56. The SMILES string of the molecule is COc1cc2c(cc1OC)CN(C(=O)c1cccnc1)C(C)C2. The van der Waals surface area contributed by atoms with Crippen LogP contribution in [0.5, 0.6) is 11.5 Å². The minimum Gasteiger partial charge on any atom is -0.493 e. The number of benzene rings is 1. The molecule has 2 heterocycles. The second-order valence-corrected chi connectivity index (χ2v) is 5.70. The van der Waals surface area contributed by atoms with E-state index in [2.05, 4.69) is 11.9 Å². The zero-order chi connectivity index (χ0) is 16.4. The fourth-order valence-corrected chi connectivity index (χ4v) is 3.00. The van der Waals surface area contributed by atoms with E-state index in [0.29, 0.717) is 17.9 Å². The Kier molecular flexibility index (Phi) is 4.19. The van der Waals surface area contributed by atoms with E-state index in [4.69, 9.17) is 9.47 Å².